The molecule has 3 N–H and O–H groups in total. The van der Waals surface area contributed by atoms with Crippen LogP contribution in [0.25, 0.3) is 5.69 Å². The number of rotatable bonds is 4. The van der Waals surface area contributed by atoms with Crippen molar-refractivity contribution >= 4 is 0 Å². The fourth-order valence-corrected chi connectivity index (χ4v) is 5.42. The summed E-state index contributed by atoms with van der Waals surface area (Å²) in [6, 6.07) is 6.52. The van der Waals surface area contributed by atoms with E-state index in [1.165, 1.54) is 23.4 Å². The summed E-state index contributed by atoms with van der Waals surface area (Å²) in [4.78, 5) is 0. The van der Waals surface area contributed by atoms with Crippen LogP contribution in [0.15, 0.2) is 30.5 Å². The number of fused-ring (bicyclic) bond motifs is 2. The minimum atomic E-state index is -0.232. The molecule has 1 saturated carbocycles. The maximum Gasteiger partial charge on any atom is 0.123 e. The van der Waals surface area contributed by atoms with E-state index in [4.69, 9.17) is 5.73 Å². The Hall–Kier alpha value is -1.72. The van der Waals surface area contributed by atoms with E-state index >= 15 is 0 Å². The van der Waals surface area contributed by atoms with Gasteiger partial charge in [0, 0.05) is 12.3 Å². The number of halogens is 1. The van der Waals surface area contributed by atoms with Gasteiger partial charge in [-0.25, -0.2) is 9.07 Å². The largest absolute Gasteiger partial charge is 0.396 e. The molecule has 4 nitrogen and oxygen atoms in total. The lowest BCUT2D eigenvalue weighted by molar-refractivity contribution is 0.0260. The topological polar surface area (TPSA) is 64.1 Å². The van der Waals surface area contributed by atoms with E-state index in [2.05, 4.69) is 12.0 Å². The van der Waals surface area contributed by atoms with E-state index in [9.17, 15) is 9.50 Å². The molecule has 1 unspecified atom stereocenters. The molecule has 0 bridgehead atoms. The number of nitrogens with zero attached hydrogens (tertiary/aromatic N) is 2. The first-order chi connectivity index (χ1) is 12.0. The highest BCUT2D eigenvalue weighted by Gasteiger charge is 2.57. The van der Waals surface area contributed by atoms with Crippen LogP contribution >= 0.6 is 0 Å². The summed E-state index contributed by atoms with van der Waals surface area (Å²) in [5.74, 6) is 0.316. The molecule has 2 aromatic rings. The summed E-state index contributed by atoms with van der Waals surface area (Å²) in [6.45, 7) is 3.18. The van der Waals surface area contributed by atoms with Gasteiger partial charge in [-0.15, -0.1) is 0 Å². The summed E-state index contributed by atoms with van der Waals surface area (Å²) in [5.41, 5.74) is 9.74. The first-order valence-corrected chi connectivity index (χ1v) is 9.16. The standard InChI is InChI=1S/C20H26FN3O/c1-19-11-14-12-23-24(17-4-2-16(21)3-5-17)18(14)10-15(19)6-7-20(19,13-22)8-9-25/h2-5,12,15,25H,6-11,13,22H2,1H3/t15?,19-,20+/m0/s1. The van der Waals surface area contributed by atoms with Crippen LogP contribution < -0.4 is 5.73 Å². The molecular formula is C20H26FN3O. The Morgan fingerprint density at radius 1 is 1.36 bits per heavy atom. The van der Waals surface area contributed by atoms with Crippen LogP contribution in [-0.2, 0) is 12.8 Å². The maximum atomic E-state index is 13.2. The van der Waals surface area contributed by atoms with E-state index in [1.54, 1.807) is 12.1 Å². The van der Waals surface area contributed by atoms with Gasteiger partial charge >= 0.3 is 0 Å². The van der Waals surface area contributed by atoms with Crippen molar-refractivity contribution in [2.45, 2.75) is 39.0 Å². The highest BCUT2D eigenvalue weighted by atomic mass is 19.1. The van der Waals surface area contributed by atoms with Crippen LogP contribution in [0.1, 0.15) is 37.4 Å². The molecular weight excluding hydrogens is 317 g/mol. The third kappa shape index (κ3) is 2.36. The molecule has 1 fully saturated rings. The molecule has 134 valence electrons. The first kappa shape index (κ1) is 16.7. The first-order valence-electron chi connectivity index (χ1n) is 9.16. The SMILES string of the molecule is C[C@]12Cc3cnn(-c4ccc(F)cc4)c3CC1CC[C@]2(CN)CCO. The molecule has 25 heavy (non-hydrogen) atoms. The van der Waals surface area contributed by atoms with E-state index in [-0.39, 0.29) is 23.3 Å². The lowest BCUT2D eigenvalue weighted by atomic mass is 9.56. The number of hydrogen-bond donors (Lipinski definition) is 2. The molecule has 0 saturated heterocycles. The average molecular weight is 343 g/mol. The summed E-state index contributed by atoms with van der Waals surface area (Å²) >= 11 is 0. The van der Waals surface area contributed by atoms with E-state index in [0.717, 1.165) is 37.8 Å². The number of benzene rings is 1. The van der Waals surface area contributed by atoms with E-state index < -0.39 is 0 Å². The van der Waals surface area contributed by atoms with Crippen LogP contribution in [0, 0.1) is 22.6 Å². The van der Waals surface area contributed by atoms with Gasteiger partial charge in [0.25, 0.3) is 0 Å². The van der Waals surface area contributed by atoms with Gasteiger partial charge in [-0.3, -0.25) is 0 Å². The van der Waals surface area contributed by atoms with Crippen molar-refractivity contribution in [1.29, 1.82) is 0 Å². The minimum absolute atomic E-state index is 0.0160. The van der Waals surface area contributed by atoms with Crippen molar-refractivity contribution in [1.82, 2.24) is 9.78 Å². The van der Waals surface area contributed by atoms with Crippen LogP contribution in [0.2, 0.25) is 0 Å². The van der Waals surface area contributed by atoms with Gasteiger partial charge in [0.15, 0.2) is 0 Å². The van der Waals surface area contributed by atoms with Gasteiger partial charge in [0.2, 0.25) is 0 Å². The molecule has 1 aromatic carbocycles. The Morgan fingerprint density at radius 3 is 2.80 bits per heavy atom. The molecule has 5 heteroatoms. The number of hydrogen-bond acceptors (Lipinski definition) is 3. The Labute approximate surface area is 147 Å². The quantitative estimate of drug-likeness (QED) is 0.897. The van der Waals surface area contributed by atoms with Crippen molar-refractivity contribution in [3.8, 4) is 5.69 Å². The molecule has 0 aliphatic heterocycles. The second-order valence-corrected chi connectivity index (χ2v) is 8.00. The Balaban J connectivity index is 1.72. The summed E-state index contributed by atoms with van der Waals surface area (Å²) in [6.07, 6.45) is 6.87. The highest BCUT2D eigenvalue weighted by Crippen LogP contribution is 2.61. The molecule has 0 spiro atoms. The van der Waals surface area contributed by atoms with Gasteiger partial charge in [-0.1, -0.05) is 6.92 Å². The molecule has 0 amide bonds. The summed E-state index contributed by atoms with van der Waals surface area (Å²) < 4.78 is 15.2. The average Bonchev–Trinajstić information content (AvgIpc) is 3.13. The van der Waals surface area contributed by atoms with Gasteiger partial charge in [-0.2, -0.15) is 5.10 Å². The van der Waals surface area contributed by atoms with Crippen molar-refractivity contribution in [2.24, 2.45) is 22.5 Å². The van der Waals surface area contributed by atoms with Crippen LogP contribution in [-0.4, -0.2) is 28.0 Å². The van der Waals surface area contributed by atoms with Gasteiger partial charge in [0.05, 0.1) is 11.9 Å². The highest BCUT2D eigenvalue weighted by molar-refractivity contribution is 5.38. The fourth-order valence-electron chi connectivity index (χ4n) is 5.42. The smallest absolute Gasteiger partial charge is 0.123 e. The lowest BCUT2D eigenvalue weighted by Crippen LogP contribution is -2.48. The van der Waals surface area contributed by atoms with Gasteiger partial charge in [-0.05, 0) is 85.2 Å². The Morgan fingerprint density at radius 2 is 2.12 bits per heavy atom. The number of nitrogens with two attached hydrogens (primary N) is 1. The molecule has 0 radical (unpaired) electrons. The zero-order chi connectivity index (χ0) is 17.7. The predicted octanol–water partition coefficient (Wildman–Crippen LogP) is 2.85. The molecule has 1 heterocycles. The van der Waals surface area contributed by atoms with Crippen molar-refractivity contribution < 1.29 is 9.50 Å². The van der Waals surface area contributed by atoms with Crippen LogP contribution in [0.5, 0.6) is 0 Å². The predicted molar refractivity (Wildman–Crippen MR) is 95.0 cm³/mol. The molecule has 2 aliphatic carbocycles. The Kier molecular flexibility index (Phi) is 3.96. The zero-order valence-electron chi connectivity index (χ0n) is 14.7. The summed E-state index contributed by atoms with van der Waals surface area (Å²) in [5, 5.41) is 14.2. The molecule has 3 atom stereocenters. The minimum Gasteiger partial charge on any atom is -0.396 e. The Bertz CT molecular complexity index is 772. The number of aliphatic hydroxyl groups excluding tert-OH is 1. The number of aliphatic hydroxyl groups is 1. The fraction of sp³-hybridized carbons (Fsp3) is 0.550. The lowest BCUT2D eigenvalue weighted by Gasteiger charge is -2.48. The van der Waals surface area contributed by atoms with Crippen LogP contribution in [0.4, 0.5) is 4.39 Å². The third-order valence-corrected chi connectivity index (χ3v) is 7.09. The third-order valence-electron chi connectivity index (χ3n) is 7.09. The van der Waals surface area contributed by atoms with E-state index in [0.29, 0.717) is 12.5 Å². The van der Waals surface area contributed by atoms with Crippen molar-refractivity contribution in [2.75, 3.05) is 13.2 Å². The molecule has 4 rings (SSSR count). The second kappa shape index (κ2) is 5.92. The summed E-state index contributed by atoms with van der Waals surface area (Å²) in [7, 11) is 0. The van der Waals surface area contributed by atoms with E-state index in [1.807, 2.05) is 10.9 Å². The normalized spacial score (nSPS) is 31.0. The van der Waals surface area contributed by atoms with Crippen molar-refractivity contribution in [3.05, 3.63) is 47.5 Å². The van der Waals surface area contributed by atoms with Gasteiger partial charge < -0.3 is 10.8 Å². The molecule has 1 aromatic heterocycles. The van der Waals surface area contributed by atoms with Gasteiger partial charge in [0.1, 0.15) is 5.82 Å². The maximum absolute atomic E-state index is 13.2. The number of aromatic nitrogens is 2. The van der Waals surface area contributed by atoms with Crippen molar-refractivity contribution in [3.63, 3.8) is 0 Å². The van der Waals surface area contributed by atoms with Crippen LogP contribution in [0.3, 0.4) is 0 Å². The zero-order valence-corrected chi connectivity index (χ0v) is 14.7. The monoisotopic (exact) mass is 343 g/mol. The molecule has 2 aliphatic rings. The second-order valence-electron chi connectivity index (χ2n) is 8.00.